The lowest BCUT2D eigenvalue weighted by Gasteiger charge is -2.26. The van der Waals surface area contributed by atoms with E-state index < -0.39 is 47.1 Å². The standard InChI is InChI=1S/C22H21ClF4N4O3/c1-21(2,33)10-31-19(22(25,26)27)12(9-28-31)18-16(20(32)29-11-5-3-6-11)17(30-34-18)15-13(23)7-4-8-14(15)24/h4,7-9,11,33H,3,5-6,10H2,1-2H3,(H,29,32). The topological polar surface area (TPSA) is 93.2 Å². The number of halogens is 5. The van der Waals surface area contributed by atoms with Crippen LogP contribution in [0.3, 0.4) is 0 Å². The Labute approximate surface area is 196 Å². The maximum atomic E-state index is 14.7. The molecule has 12 heteroatoms. The average molecular weight is 501 g/mol. The number of alkyl halides is 3. The van der Waals surface area contributed by atoms with Crippen molar-refractivity contribution in [3.8, 4) is 22.6 Å². The van der Waals surface area contributed by atoms with E-state index in [1.54, 1.807) is 0 Å². The van der Waals surface area contributed by atoms with Crippen molar-refractivity contribution >= 4 is 17.5 Å². The van der Waals surface area contributed by atoms with Gasteiger partial charge in [-0.3, -0.25) is 9.48 Å². The van der Waals surface area contributed by atoms with Gasteiger partial charge in [0.05, 0.1) is 34.5 Å². The summed E-state index contributed by atoms with van der Waals surface area (Å²) in [6.07, 6.45) is -1.72. The summed E-state index contributed by atoms with van der Waals surface area (Å²) in [5.41, 5.74) is -4.29. The Morgan fingerprint density at radius 2 is 2.03 bits per heavy atom. The molecule has 1 saturated carbocycles. The van der Waals surface area contributed by atoms with Crippen LogP contribution >= 0.6 is 11.6 Å². The normalized spacial score (nSPS) is 14.8. The van der Waals surface area contributed by atoms with Gasteiger partial charge < -0.3 is 14.9 Å². The number of aromatic nitrogens is 3. The number of aliphatic hydroxyl groups is 1. The highest BCUT2D eigenvalue weighted by Crippen LogP contribution is 2.42. The number of carbonyl (C=O) groups excluding carboxylic acids is 1. The van der Waals surface area contributed by atoms with E-state index in [2.05, 4.69) is 15.6 Å². The van der Waals surface area contributed by atoms with E-state index in [-0.39, 0.29) is 27.9 Å². The van der Waals surface area contributed by atoms with E-state index in [0.29, 0.717) is 17.5 Å². The van der Waals surface area contributed by atoms with Crippen molar-refractivity contribution in [1.82, 2.24) is 20.3 Å². The van der Waals surface area contributed by atoms with Gasteiger partial charge in [0, 0.05) is 6.04 Å². The summed E-state index contributed by atoms with van der Waals surface area (Å²) in [7, 11) is 0. The number of hydrogen-bond acceptors (Lipinski definition) is 5. The molecule has 0 spiro atoms. The number of nitrogens with one attached hydrogen (secondary N) is 1. The fourth-order valence-electron chi connectivity index (χ4n) is 3.73. The fourth-order valence-corrected chi connectivity index (χ4v) is 3.98. The number of amides is 1. The molecule has 2 heterocycles. The molecule has 1 aromatic carbocycles. The molecular formula is C22H21ClF4N4O3. The number of hydrogen-bond donors (Lipinski definition) is 2. The molecule has 0 atom stereocenters. The van der Waals surface area contributed by atoms with Crippen LogP contribution in [-0.2, 0) is 12.7 Å². The van der Waals surface area contributed by atoms with Gasteiger partial charge in [-0.2, -0.15) is 18.3 Å². The molecule has 34 heavy (non-hydrogen) atoms. The molecule has 2 aromatic heterocycles. The molecule has 7 nitrogen and oxygen atoms in total. The molecule has 2 N–H and O–H groups in total. The Morgan fingerprint density at radius 1 is 1.32 bits per heavy atom. The zero-order valence-electron chi connectivity index (χ0n) is 18.2. The van der Waals surface area contributed by atoms with E-state index in [1.165, 1.54) is 26.0 Å². The van der Waals surface area contributed by atoms with Gasteiger partial charge in [0.25, 0.3) is 5.91 Å². The quantitative estimate of drug-likeness (QED) is 0.461. The van der Waals surface area contributed by atoms with Crippen molar-refractivity contribution in [2.75, 3.05) is 0 Å². The van der Waals surface area contributed by atoms with Crippen LogP contribution in [0.2, 0.25) is 5.02 Å². The Bertz CT molecular complexity index is 1210. The highest BCUT2D eigenvalue weighted by Gasteiger charge is 2.42. The first-order valence-corrected chi connectivity index (χ1v) is 10.9. The van der Waals surface area contributed by atoms with Gasteiger partial charge in [-0.15, -0.1) is 0 Å². The van der Waals surface area contributed by atoms with Gasteiger partial charge in [-0.25, -0.2) is 4.39 Å². The molecule has 182 valence electrons. The largest absolute Gasteiger partial charge is 0.433 e. The number of rotatable bonds is 6. The third kappa shape index (κ3) is 4.67. The smallest absolute Gasteiger partial charge is 0.389 e. The van der Waals surface area contributed by atoms with Crippen molar-refractivity contribution in [3.05, 3.63) is 46.5 Å². The van der Waals surface area contributed by atoms with Crippen LogP contribution in [0.15, 0.2) is 28.9 Å². The van der Waals surface area contributed by atoms with Gasteiger partial charge in [0.2, 0.25) is 0 Å². The SMILES string of the molecule is CC(C)(O)Cn1ncc(-c2onc(-c3c(F)cccc3Cl)c2C(=O)NC2CCC2)c1C(F)(F)F. The van der Waals surface area contributed by atoms with Crippen molar-refractivity contribution in [1.29, 1.82) is 0 Å². The van der Waals surface area contributed by atoms with Gasteiger partial charge >= 0.3 is 6.18 Å². The minimum Gasteiger partial charge on any atom is -0.389 e. The molecular weight excluding hydrogens is 480 g/mol. The lowest BCUT2D eigenvalue weighted by atomic mass is 9.92. The van der Waals surface area contributed by atoms with Crippen LogP contribution in [0.4, 0.5) is 17.6 Å². The van der Waals surface area contributed by atoms with Crippen molar-refractivity contribution < 1.29 is 32.0 Å². The van der Waals surface area contributed by atoms with Crippen LogP contribution in [-0.4, -0.2) is 37.6 Å². The van der Waals surface area contributed by atoms with Gasteiger partial charge in [-0.1, -0.05) is 22.8 Å². The highest BCUT2D eigenvalue weighted by molar-refractivity contribution is 6.33. The van der Waals surface area contributed by atoms with Crippen molar-refractivity contribution in [3.63, 3.8) is 0 Å². The molecule has 0 radical (unpaired) electrons. The Kier molecular flexibility index (Phi) is 6.19. The van der Waals surface area contributed by atoms with Gasteiger partial charge in [0.1, 0.15) is 17.1 Å². The van der Waals surface area contributed by atoms with E-state index in [4.69, 9.17) is 16.1 Å². The Balaban J connectivity index is 1.92. The van der Waals surface area contributed by atoms with E-state index in [9.17, 15) is 27.5 Å². The second-order valence-corrected chi connectivity index (χ2v) is 9.22. The van der Waals surface area contributed by atoms with Gasteiger partial charge in [0.15, 0.2) is 11.5 Å². The Morgan fingerprint density at radius 3 is 2.59 bits per heavy atom. The van der Waals surface area contributed by atoms with E-state index in [0.717, 1.165) is 18.7 Å². The van der Waals surface area contributed by atoms with Crippen LogP contribution in [0.25, 0.3) is 22.6 Å². The minimum absolute atomic E-state index is 0.0914. The monoisotopic (exact) mass is 500 g/mol. The third-order valence-corrected chi connectivity index (χ3v) is 5.76. The molecule has 0 unspecified atom stereocenters. The summed E-state index contributed by atoms with van der Waals surface area (Å²) in [6.45, 7) is 2.18. The Hall–Kier alpha value is -2.92. The molecule has 1 aliphatic carbocycles. The minimum atomic E-state index is -4.92. The second kappa shape index (κ2) is 8.70. The molecule has 1 fully saturated rings. The second-order valence-electron chi connectivity index (χ2n) is 8.81. The first kappa shape index (κ1) is 24.2. The van der Waals surface area contributed by atoms with Crippen LogP contribution in [0.5, 0.6) is 0 Å². The van der Waals surface area contributed by atoms with Crippen molar-refractivity contribution in [2.24, 2.45) is 0 Å². The molecule has 1 amide bonds. The zero-order valence-corrected chi connectivity index (χ0v) is 19.0. The summed E-state index contributed by atoms with van der Waals surface area (Å²) >= 11 is 6.14. The highest BCUT2D eigenvalue weighted by atomic mass is 35.5. The van der Waals surface area contributed by atoms with Crippen molar-refractivity contribution in [2.45, 2.75) is 57.5 Å². The summed E-state index contributed by atoms with van der Waals surface area (Å²) < 4.78 is 62.7. The summed E-state index contributed by atoms with van der Waals surface area (Å²) in [6, 6.07) is 3.63. The predicted octanol–water partition coefficient (Wildman–Crippen LogP) is 5.07. The lowest BCUT2D eigenvalue weighted by Crippen LogP contribution is -2.39. The number of benzene rings is 1. The summed E-state index contributed by atoms with van der Waals surface area (Å²) in [5, 5.41) is 20.2. The van der Waals surface area contributed by atoms with Crippen LogP contribution < -0.4 is 5.32 Å². The number of nitrogens with zero attached hydrogens (tertiary/aromatic N) is 3. The summed E-state index contributed by atoms with van der Waals surface area (Å²) in [5.74, 6) is -2.11. The lowest BCUT2D eigenvalue weighted by molar-refractivity contribution is -0.144. The molecule has 0 aliphatic heterocycles. The van der Waals surface area contributed by atoms with E-state index >= 15 is 0 Å². The van der Waals surface area contributed by atoms with Crippen LogP contribution in [0.1, 0.15) is 49.2 Å². The first-order chi connectivity index (χ1) is 15.9. The molecule has 0 bridgehead atoms. The summed E-state index contributed by atoms with van der Waals surface area (Å²) in [4.78, 5) is 13.2. The van der Waals surface area contributed by atoms with E-state index in [1.807, 2.05) is 0 Å². The molecule has 3 aromatic rings. The number of carbonyl (C=O) groups is 1. The third-order valence-electron chi connectivity index (χ3n) is 5.45. The van der Waals surface area contributed by atoms with Gasteiger partial charge in [-0.05, 0) is 45.2 Å². The fraction of sp³-hybridized carbons (Fsp3) is 0.409. The average Bonchev–Trinajstić information content (AvgIpc) is 3.27. The molecule has 1 aliphatic rings. The predicted molar refractivity (Wildman–Crippen MR) is 115 cm³/mol. The van der Waals surface area contributed by atoms with Crippen LogP contribution in [0, 0.1) is 5.82 Å². The maximum Gasteiger partial charge on any atom is 0.433 e. The first-order valence-electron chi connectivity index (χ1n) is 10.5. The molecule has 0 saturated heterocycles. The maximum absolute atomic E-state index is 14.7. The molecule has 4 rings (SSSR count). The zero-order chi connectivity index (χ0) is 24.8.